The zero-order chi connectivity index (χ0) is 21.1. The topological polar surface area (TPSA) is 72.0 Å². The van der Waals surface area contributed by atoms with E-state index in [9.17, 15) is 4.79 Å². The van der Waals surface area contributed by atoms with Crippen molar-refractivity contribution in [3.05, 3.63) is 29.8 Å². The second-order valence-corrected chi connectivity index (χ2v) is 7.93. The molecule has 0 aromatic heterocycles. The first-order valence-electron chi connectivity index (χ1n) is 10.7. The minimum absolute atomic E-state index is 0. The Balaban J connectivity index is 0.00000450. The number of guanidine groups is 1. The lowest BCUT2D eigenvalue weighted by Crippen LogP contribution is -2.45. The molecular formula is C22H39IN6O. The van der Waals surface area contributed by atoms with E-state index in [1.165, 1.54) is 32.2 Å². The van der Waals surface area contributed by atoms with Gasteiger partial charge in [-0.15, -0.1) is 24.0 Å². The fourth-order valence-corrected chi connectivity index (χ4v) is 3.79. The number of nitrogens with zero attached hydrogens (tertiary/aromatic N) is 3. The Kier molecular flexibility index (Phi) is 13.0. The highest BCUT2D eigenvalue weighted by molar-refractivity contribution is 14.0. The SMILES string of the molecule is CCC1CCCCN1CCNC(=NC)NCc1cccc(NC(=O)CN(C)C)c1.I. The number of likely N-dealkylation sites (N-methyl/N-ethyl adjacent to an activating group) is 1. The minimum atomic E-state index is -0.0133. The Labute approximate surface area is 199 Å². The monoisotopic (exact) mass is 530 g/mol. The molecule has 170 valence electrons. The average Bonchev–Trinajstić information content (AvgIpc) is 2.70. The molecule has 1 aliphatic heterocycles. The number of amides is 1. The van der Waals surface area contributed by atoms with Crippen molar-refractivity contribution in [1.82, 2.24) is 20.4 Å². The quantitative estimate of drug-likeness (QED) is 0.260. The third kappa shape index (κ3) is 9.61. The summed E-state index contributed by atoms with van der Waals surface area (Å²) in [6.45, 7) is 6.45. The van der Waals surface area contributed by atoms with Crippen LogP contribution >= 0.6 is 24.0 Å². The van der Waals surface area contributed by atoms with Crippen LogP contribution in [0.15, 0.2) is 29.3 Å². The van der Waals surface area contributed by atoms with Crippen molar-refractivity contribution in [1.29, 1.82) is 0 Å². The summed E-state index contributed by atoms with van der Waals surface area (Å²) in [5, 5.41) is 9.72. The first-order chi connectivity index (χ1) is 14.0. The molecule has 1 amide bonds. The van der Waals surface area contributed by atoms with Crippen LogP contribution in [0.2, 0.25) is 0 Å². The first-order valence-corrected chi connectivity index (χ1v) is 10.7. The Hall–Kier alpha value is -1.39. The first kappa shape index (κ1) is 26.6. The van der Waals surface area contributed by atoms with Crippen LogP contribution in [-0.2, 0) is 11.3 Å². The minimum Gasteiger partial charge on any atom is -0.355 e. The normalized spacial score (nSPS) is 17.4. The molecule has 7 nitrogen and oxygen atoms in total. The maximum atomic E-state index is 11.9. The molecular weight excluding hydrogens is 491 g/mol. The van der Waals surface area contributed by atoms with E-state index in [0.717, 1.165) is 36.3 Å². The van der Waals surface area contributed by atoms with E-state index < -0.39 is 0 Å². The van der Waals surface area contributed by atoms with Crippen molar-refractivity contribution in [3.8, 4) is 0 Å². The van der Waals surface area contributed by atoms with Crippen molar-refractivity contribution >= 4 is 41.5 Å². The standard InChI is InChI=1S/C22H38N6O.HI/c1-5-20-11-6-7-13-28(20)14-12-24-22(23-2)25-16-18-9-8-10-19(15-18)26-21(29)17-27(3)4;/h8-10,15,20H,5-7,11-14,16-17H2,1-4H3,(H,26,29)(H2,23,24,25);1H. The highest BCUT2D eigenvalue weighted by Crippen LogP contribution is 2.18. The molecule has 1 atom stereocenters. The van der Waals surface area contributed by atoms with E-state index in [4.69, 9.17) is 0 Å². The molecule has 1 aromatic carbocycles. The Bertz CT molecular complexity index is 667. The number of nitrogens with one attached hydrogen (secondary N) is 3. The number of halogens is 1. The van der Waals surface area contributed by atoms with Gasteiger partial charge in [-0.1, -0.05) is 25.5 Å². The molecule has 1 saturated heterocycles. The number of carbonyl (C=O) groups excluding carboxylic acids is 1. The number of aliphatic imine (C=N–C) groups is 1. The van der Waals surface area contributed by atoms with Gasteiger partial charge in [0.1, 0.15) is 0 Å². The predicted molar refractivity (Wildman–Crippen MR) is 137 cm³/mol. The second kappa shape index (κ2) is 14.6. The molecule has 3 N–H and O–H groups in total. The summed E-state index contributed by atoms with van der Waals surface area (Å²) < 4.78 is 0. The van der Waals surface area contributed by atoms with Crippen molar-refractivity contribution in [3.63, 3.8) is 0 Å². The molecule has 8 heteroatoms. The van der Waals surface area contributed by atoms with Crippen LogP contribution in [0.25, 0.3) is 0 Å². The highest BCUT2D eigenvalue weighted by atomic mass is 127. The summed E-state index contributed by atoms with van der Waals surface area (Å²) in [5.74, 6) is 0.790. The molecule has 1 fully saturated rings. The maximum Gasteiger partial charge on any atom is 0.238 e. The lowest BCUT2D eigenvalue weighted by molar-refractivity contribution is -0.116. The van der Waals surface area contributed by atoms with Crippen LogP contribution in [-0.4, -0.2) is 75.0 Å². The number of carbonyl (C=O) groups is 1. The van der Waals surface area contributed by atoms with Crippen LogP contribution in [0.3, 0.4) is 0 Å². The van der Waals surface area contributed by atoms with E-state index in [1.807, 2.05) is 43.3 Å². The summed E-state index contributed by atoms with van der Waals surface area (Å²) in [7, 11) is 5.56. The average molecular weight is 530 g/mol. The van der Waals surface area contributed by atoms with Gasteiger partial charge in [0.25, 0.3) is 0 Å². The molecule has 1 aliphatic rings. The van der Waals surface area contributed by atoms with Crippen LogP contribution < -0.4 is 16.0 Å². The number of hydrogen-bond donors (Lipinski definition) is 3. The number of anilines is 1. The van der Waals surface area contributed by atoms with Gasteiger partial charge in [0.15, 0.2) is 5.96 Å². The lowest BCUT2D eigenvalue weighted by Gasteiger charge is -2.35. The van der Waals surface area contributed by atoms with E-state index in [-0.39, 0.29) is 29.9 Å². The fourth-order valence-electron chi connectivity index (χ4n) is 3.79. The number of benzene rings is 1. The van der Waals surface area contributed by atoms with Crippen molar-refractivity contribution in [2.24, 2.45) is 4.99 Å². The summed E-state index contributed by atoms with van der Waals surface area (Å²) >= 11 is 0. The molecule has 0 saturated carbocycles. The van der Waals surface area contributed by atoms with Gasteiger partial charge in [-0.25, -0.2) is 0 Å². The van der Waals surface area contributed by atoms with E-state index >= 15 is 0 Å². The third-order valence-corrected chi connectivity index (χ3v) is 5.27. The Morgan fingerprint density at radius 2 is 2.07 bits per heavy atom. The van der Waals surface area contributed by atoms with Gasteiger partial charge in [-0.3, -0.25) is 14.7 Å². The van der Waals surface area contributed by atoms with Gasteiger partial charge in [0.05, 0.1) is 6.54 Å². The molecule has 30 heavy (non-hydrogen) atoms. The van der Waals surface area contributed by atoms with Gasteiger partial charge in [0, 0.05) is 38.4 Å². The van der Waals surface area contributed by atoms with E-state index in [0.29, 0.717) is 13.1 Å². The Morgan fingerprint density at radius 1 is 1.27 bits per heavy atom. The number of likely N-dealkylation sites (tertiary alicyclic amines) is 1. The highest BCUT2D eigenvalue weighted by Gasteiger charge is 2.19. The predicted octanol–water partition coefficient (Wildman–Crippen LogP) is 2.73. The summed E-state index contributed by atoms with van der Waals surface area (Å²) in [6.07, 6.45) is 5.23. The van der Waals surface area contributed by atoms with Crippen LogP contribution in [0.1, 0.15) is 38.2 Å². The molecule has 1 aromatic rings. The van der Waals surface area contributed by atoms with Crippen LogP contribution in [0, 0.1) is 0 Å². The molecule has 0 bridgehead atoms. The molecule has 0 spiro atoms. The summed E-state index contributed by atoms with van der Waals surface area (Å²) in [6, 6.07) is 8.63. The van der Waals surface area contributed by atoms with Crippen molar-refractivity contribution < 1.29 is 4.79 Å². The molecule has 1 heterocycles. The molecule has 0 aliphatic carbocycles. The fraction of sp³-hybridized carbons (Fsp3) is 0.636. The van der Waals surface area contributed by atoms with Crippen LogP contribution in [0.5, 0.6) is 0 Å². The van der Waals surface area contributed by atoms with Crippen LogP contribution in [0.4, 0.5) is 5.69 Å². The van der Waals surface area contributed by atoms with Gasteiger partial charge in [-0.2, -0.15) is 0 Å². The zero-order valence-corrected chi connectivity index (χ0v) is 21.2. The van der Waals surface area contributed by atoms with E-state index in [1.54, 1.807) is 7.05 Å². The maximum absolute atomic E-state index is 11.9. The molecule has 2 rings (SSSR count). The summed E-state index contributed by atoms with van der Waals surface area (Å²) in [5.41, 5.74) is 1.91. The largest absolute Gasteiger partial charge is 0.355 e. The molecule has 1 unspecified atom stereocenters. The Morgan fingerprint density at radius 3 is 2.77 bits per heavy atom. The van der Waals surface area contributed by atoms with Crippen molar-refractivity contribution in [2.75, 3.05) is 52.6 Å². The van der Waals surface area contributed by atoms with E-state index in [2.05, 4.69) is 32.8 Å². The smallest absolute Gasteiger partial charge is 0.238 e. The van der Waals surface area contributed by atoms with Gasteiger partial charge in [0.2, 0.25) is 5.91 Å². The van der Waals surface area contributed by atoms with Gasteiger partial charge < -0.3 is 20.9 Å². The second-order valence-electron chi connectivity index (χ2n) is 7.93. The lowest BCUT2D eigenvalue weighted by atomic mass is 10.0. The number of rotatable bonds is 9. The number of piperidine rings is 1. The summed E-state index contributed by atoms with van der Waals surface area (Å²) in [4.78, 5) is 20.7. The van der Waals surface area contributed by atoms with Crippen molar-refractivity contribution in [2.45, 2.75) is 45.2 Å². The molecule has 0 radical (unpaired) electrons. The van der Waals surface area contributed by atoms with Gasteiger partial charge in [-0.05, 0) is 57.6 Å². The third-order valence-electron chi connectivity index (χ3n) is 5.27. The number of hydrogen-bond acceptors (Lipinski definition) is 4. The van der Waals surface area contributed by atoms with Gasteiger partial charge >= 0.3 is 0 Å². The zero-order valence-electron chi connectivity index (χ0n) is 18.9.